The summed E-state index contributed by atoms with van der Waals surface area (Å²) in [5.41, 5.74) is 7.06. The summed E-state index contributed by atoms with van der Waals surface area (Å²) in [4.78, 5) is 17.1. The molecule has 6 heteroatoms. The standard InChI is InChI=1S/C18H27N3O.2ClH/c19-17(16-7-3-1-4-8-16)18(22)21-12-9-15(14-21)13-20-10-5-2-6-11-20;;/h1,3-4,7-8,15,17H,2,5-6,9-14,19H2;2*1H. The average Bonchev–Trinajstić information content (AvgIpc) is 3.04. The van der Waals surface area contributed by atoms with Gasteiger partial charge in [0.2, 0.25) is 5.91 Å². The summed E-state index contributed by atoms with van der Waals surface area (Å²) in [7, 11) is 0. The van der Waals surface area contributed by atoms with Crippen molar-refractivity contribution < 1.29 is 4.79 Å². The summed E-state index contributed by atoms with van der Waals surface area (Å²) in [5.74, 6) is 0.692. The van der Waals surface area contributed by atoms with Crippen molar-refractivity contribution in [2.75, 3.05) is 32.7 Å². The molecule has 1 aromatic carbocycles. The van der Waals surface area contributed by atoms with Gasteiger partial charge < -0.3 is 15.5 Å². The van der Waals surface area contributed by atoms with Gasteiger partial charge in [0, 0.05) is 19.6 Å². The zero-order chi connectivity index (χ0) is 15.4. The first-order valence-electron chi connectivity index (χ1n) is 8.55. The summed E-state index contributed by atoms with van der Waals surface area (Å²) >= 11 is 0. The van der Waals surface area contributed by atoms with Crippen LogP contribution in [-0.4, -0.2) is 48.4 Å². The van der Waals surface area contributed by atoms with Gasteiger partial charge in [-0.15, -0.1) is 24.8 Å². The molecular formula is C18H29Cl2N3O. The molecule has 2 atom stereocenters. The number of nitrogens with two attached hydrogens (primary N) is 1. The van der Waals surface area contributed by atoms with Crippen molar-refractivity contribution in [1.82, 2.24) is 9.80 Å². The molecular weight excluding hydrogens is 345 g/mol. The van der Waals surface area contributed by atoms with Crippen molar-refractivity contribution in [3.05, 3.63) is 35.9 Å². The van der Waals surface area contributed by atoms with Gasteiger partial charge in [0.1, 0.15) is 6.04 Å². The Kier molecular flexibility index (Phi) is 9.06. The van der Waals surface area contributed by atoms with E-state index in [1.54, 1.807) is 0 Å². The highest BCUT2D eigenvalue weighted by Gasteiger charge is 2.30. The van der Waals surface area contributed by atoms with Gasteiger partial charge in [-0.3, -0.25) is 4.79 Å². The third kappa shape index (κ3) is 5.35. The van der Waals surface area contributed by atoms with Crippen LogP contribution in [0.1, 0.15) is 37.3 Å². The lowest BCUT2D eigenvalue weighted by Crippen LogP contribution is -2.39. The molecule has 136 valence electrons. The molecule has 2 heterocycles. The number of halogens is 2. The maximum absolute atomic E-state index is 12.6. The SMILES string of the molecule is Cl.Cl.NC(C(=O)N1CCC(CN2CCCCC2)C1)c1ccccc1. The highest BCUT2D eigenvalue weighted by molar-refractivity contribution is 5.85. The molecule has 0 aromatic heterocycles. The van der Waals surface area contributed by atoms with Crippen molar-refractivity contribution in [2.45, 2.75) is 31.7 Å². The fraction of sp³-hybridized carbons (Fsp3) is 0.611. The van der Waals surface area contributed by atoms with Gasteiger partial charge in [0.05, 0.1) is 0 Å². The van der Waals surface area contributed by atoms with Crippen LogP contribution in [0, 0.1) is 5.92 Å². The Morgan fingerprint density at radius 2 is 1.75 bits per heavy atom. The molecule has 1 aromatic rings. The lowest BCUT2D eigenvalue weighted by molar-refractivity contribution is -0.131. The van der Waals surface area contributed by atoms with Crippen molar-refractivity contribution in [2.24, 2.45) is 11.7 Å². The molecule has 2 N–H and O–H groups in total. The first-order valence-corrected chi connectivity index (χ1v) is 8.55. The van der Waals surface area contributed by atoms with Crippen LogP contribution in [-0.2, 0) is 4.79 Å². The van der Waals surface area contributed by atoms with Crippen LogP contribution in [0.3, 0.4) is 0 Å². The van der Waals surface area contributed by atoms with Gasteiger partial charge in [0.25, 0.3) is 0 Å². The maximum Gasteiger partial charge on any atom is 0.244 e. The molecule has 2 fully saturated rings. The third-order valence-corrected chi connectivity index (χ3v) is 4.99. The van der Waals surface area contributed by atoms with Crippen LogP contribution in [0.15, 0.2) is 30.3 Å². The van der Waals surface area contributed by atoms with E-state index in [2.05, 4.69) is 4.90 Å². The highest BCUT2D eigenvalue weighted by Crippen LogP contribution is 2.22. The zero-order valence-electron chi connectivity index (χ0n) is 14.1. The van der Waals surface area contributed by atoms with E-state index in [0.29, 0.717) is 5.92 Å². The number of likely N-dealkylation sites (tertiary alicyclic amines) is 2. The second-order valence-electron chi connectivity index (χ2n) is 6.69. The minimum atomic E-state index is -0.519. The van der Waals surface area contributed by atoms with E-state index >= 15 is 0 Å². The second kappa shape index (κ2) is 10.2. The Morgan fingerprint density at radius 1 is 1.08 bits per heavy atom. The largest absolute Gasteiger partial charge is 0.341 e. The Morgan fingerprint density at radius 3 is 2.42 bits per heavy atom. The predicted molar refractivity (Wildman–Crippen MR) is 103 cm³/mol. The van der Waals surface area contributed by atoms with Crippen molar-refractivity contribution >= 4 is 30.7 Å². The van der Waals surface area contributed by atoms with Crippen LogP contribution < -0.4 is 5.73 Å². The molecule has 2 saturated heterocycles. The minimum Gasteiger partial charge on any atom is -0.341 e. The predicted octanol–water partition coefficient (Wildman–Crippen LogP) is 2.86. The molecule has 2 aliphatic rings. The fourth-order valence-electron chi connectivity index (χ4n) is 3.69. The molecule has 2 unspecified atom stereocenters. The van der Waals surface area contributed by atoms with Crippen LogP contribution in [0.2, 0.25) is 0 Å². The maximum atomic E-state index is 12.6. The van der Waals surface area contributed by atoms with E-state index in [-0.39, 0.29) is 30.7 Å². The van der Waals surface area contributed by atoms with Gasteiger partial charge in [-0.05, 0) is 43.8 Å². The summed E-state index contributed by atoms with van der Waals surface area (Å²) in [6.45, 7) is 5.33. The summed E-state index contributed by atoms with van der Waals surface area (Å²) in [6, 6.07) is 9.17. The number of hydrogen-bond acceptors (Lipinski definition) is 3. The topological polar surface area (TPSA) is 49.6 Å². The molecule has 0 saturated carbocycles. The molecule has 2 aliphatic heterocycles. The van der Waals surface area contributed by atoms with Crippen LogP contribution in [0.5, 0.6) is 0 Å². The number of carbonyl (C=O) groups excluding carboxylic acids is 1. The first-order chi connectivity index (χ1) is 10.7. The van der Waals surface area contributed by atoms with Crippen molar-refractivity contribution in [1.29, 1.82) is 0 Å². The molecule has 0 spiro atoms. The van der Waals surface area contributed by atoms with Gasteiger partial charge >= 0.3 is 0 Å². The van der Waals surface area contributed by atoms with Gasteiger partial charge in [-0.25, -0.2) is 0 Å². The molecule has 24 heavy (non-hydrogen) atoms. The summed E-state index contributed by atoms with van der Waals surface area (Å²) in [5, 5.41) is 0. The zero-order valence-corrected chi connectivity index (χ0v) is 15.7. The minimum absolute atomic E-state index is 0. The Labute approximate surface area is 157 Å². The third-order valence-electron chi connectivity index (χ3n) is 4.99. The fourth-order valence-corrected chi connectivity index (χ4v) is 3.69. The number of carbonyl (C=O) groups is 1. The number of benzene rings is 1. The highest BCUT2D eigenvalue weighted by atomic mass is 35.5. The number of amides is 1. The summed E-state index contributed by atoms with van der Waals surface area (Å²) < 4.78 is 0. The number of nitrogens with zero attached hydrogens (tertiary/aromatic N) is 2. The molecule has 3 rings (SSSR count). The molecule has 1 amide bonds. The van der Waals surface area contributed by atoms with E-state index in [1.165, 1.54) is 32.4 Å². The Bertz CT molecular complexity index is 494. The summed E-state index contributed by atoms with van der Waals surface area (Å²) in [6.07, 6.45) is 5.14. The number of hydrogen-bond donors (Lipinski definition) is 1. The van der Waals surface area contributed by atoms with E-state index < -0.39 is 6.04 Å². The quantitative estimate of drug-likeness (QED) is 0.882. The lowest BCUT2D eigenvalue weighted by atomic mass is 10.1. The molecule has 0 radical (unpaired) electrons. The Hall–Kier alpha value is -0.810. The van der Waals surface area contributed by atoms with Crippen LogP contribution in [0.4, 0.5) is 0 Å². The second-order valence-corrected chi connectivity index (χ2v) is 6.69. The average molecular weight is 374 g/mol. The smallest absolute Gasteiger partial charge is 0.244 e. The van der Waals surface area contributed by atoms with E-state index in [4.69, 9.17) is 5.73 Å². The lowest BCUT2D eigenvalue weighted by Gasteiger charge is -2.29. The van der Waals surface area contributed by atoms with Gasteiger partial charge in [-0.1, -0.05) is 36.8 Å². The molecule has 0 aliphatic carbocycles. The van der Waals surface area contributed by atoms with Crippen molar-refractivity contribution in [3.63, 3.8) is 0 Å². The number of piperidine rings is 1. The van der Waals surface area contributed by atoms with Gasteiger partial charge in [0.15, 0.2) is 0 Å². The van der Waals surface area contributed by atoms with Crippen LogP contribution >= 0.6 is 24.8 Å². The van der Waals surface area contributed by atoms with E-state index in [0.717, 1.165) is 31.6 Å². The molecule has 0 bridgehead atoms. The van der Waals surface area contributed by atoms with E-state index in [1.807, 2.05) is 35.2 Å². The monoisotopic (exact) mass is 373 g/mol. The number of rotatable bonds is 4. The van der Waals surface area contributed by atoms with Gasteiger partial charge in [-0.2, -0.15) is 0 Å². The van der Waals surface area contributed by atoms with Crippen molar-refractivity contribution in [3.8, 4) is 0 Å². The Balaban J connectivity index is 0.00000144. The van der Waals surface area contributed by atoms with E-state index in [9.17, 15) is 4.79 Å². The van der Waals surface area contributed by atoms with Crippen LogP contribution in [0.25, 0.3) is 0 Å². The molecule has 4 nitrogen and oxygen atoms in total. The normalized spacial score (nSPS) is 22.4. The first kappa shape index (κ1) is 21.2.